The molecule has 0 unspecified atom stereocenters. The van der Waals surface area contributed by atoms with Gasteiger partial charge in [0.15, 0.2) is 0 Å². The minimum Gasteiger partial charge on any atom is -0.495 e. The molecule has 3 heteroatoms. The van der Waals surface area contributed by atoms with Crippen LogP contribution in [0.4, 0.5) is 11.4 Å². The van der Waals surface area contributed by atoms with E-state index in [4.69, 9.17) is 10.5 Å². The van der Waals surface area contributed by atoms with Crippen molar-refractivity contribution in [1.29, 1.82) is 0 Å². The lowest BCUT2D eigenvalue weighted by Crippen LogP contribution is -2.09. The van der Waals surface area contributed by atoms with E-state index in [1.54, 1.807) is 7.11 Å². The number of nitrogens with two attached hydrogens (primary N) is 1. The van der Waals surface area contributed by atoms with Gasteiger partial charge in [-0.05, 0) is 18.1 Å². The van der Waals surface area contributed by atoms with E-state index < -0.39 is 0 Å². The molecule has 3 nitrogen and oxygen atoms in total. The predicted molar refractivity (Wildman–Crippen MR) is 60.7 cm³/mol. The molecule has 0 aliphatic rings. The molecule has 78 valence electrons. The molecule has 1 rings (SSSR count). The van der Waals surface area contributed by atoms with Crippen molar-refractivity contribution in [3.8, 4) is 5.75 Å². The maximum Gasteiger partial charge on any atom is 0.143 e. The first-order valence-electron chi connectivity index (χ1n) is 4.81. The lowest BCUT2D eigenvalue weighted by molar-refractivity contribution is 0.417. The molecule has 3 N–H and O–H groups in total. The Morgan fingerprint density at radius 2 is 2.14 bits per heavy atom. The van der Waals surface area contributed by atoms with E-state index in [2.05, 4.69) is 19.2 Å². The second kappa shape index (κ2) is 4.74. The lowest BCUT2D eigenvalue weighted by atomic mass is 10.2. The van der Waals surface area contributed by atoms with E-state index in [1.165, 1.54) is 0 Å². The Morgan fingerprint density at radius 3 is 2.71 bits per heavy atom. The van der Waals surface area contributed by atoms with Crippen LogP contribution in [0.5, 0.6) is 5.75 Å². The van der Waals surface area contributed by atoms with Gasteiger partial charge >= 0.3 is 0 Å². The molecular weight excluding hydrogens is 176 g/mol. The molecular formula is C11H18N2O. The second-order valence-electron chi connectivity index (χ2n) is 3.70. The van der Waals surface area contributed by atoms with Gasteiger partial charge in [-0.1, -0.05) is 19.9 Å². The molecule has 1 aromatic rings. The quantitative estimate of drug-likeness (QED) is 0.723. The van der Waals surface area contributed by atoms with Gasteiger partial charge in [-0.15, -0.1) is 0 Å². The van der Waals surface area contributed by atoms with Gasteiger partial charge in [-0.2, -0.15) is 0 Å². The van der Waals surface area contributed by atoms with Crippen LogP contribution in [-0.2, 0) is 0 Å². The molecule has 1 aromatic carbocycles. The molecule has 0 radical (unpaired) electrons. The van der Waals surface area contributed by atoms with Crippen LogP contribution in [0.15, 0.2) is 18.2 Å². The number of methoxy groups -OCH3 is 1. The molecule has 0 aliphatic carbocycles. The highest BCUT2D eigenvalue weighted by atomic mass is 16.5. The molecule has 0 amide bonds. The zero-order chi connectivity index (χ0) is 10.6. The zero-order valence-electron chi connectivity index (χ0n) is 9.00. The van der Waals surface area contributed by atoms with Gasteiger partial charge in [0.25, 0.3) is 0 Å². The largest absolute Gasteiger partial charge is 0.495 e. The topological polar surface area (TPSA) is 47.3 Å². The maximum absolute atomic E-state index is 5.89. The van der Waals surface area contributed by atoms with Gasteiger partial charge < -0.3 is 15.8 Å². The first-order valence-corrected chi connectivity index (χ1v) is 4.81. The average Bonchev–Trinajstić information content (AvgIpc) is 2.16. The van der Waals surface area contributed by atoms with E-state index in [0.29, 0.717) is 11.6 Å². The molecule has 0 heterocycles. The summed E-state index contributed by atoms with van der Waals surface area (Å²) < 4.78 is 5.13. The van der Waals surface area contributed by atoms with Crippen LogP contribution < -0.4 is 15.8 Å². The van der Waals surface area contributed by atoms with Crippen molar-refractivity contribution in [3.63, 3.8) is 0 Å². The number of benzene rings is 1. The number of nitrogens with one attached hydrogen (secondary N) is 1. The van der Waals surface area contributed by atoms with Gasteiger partial charge in [-0.3, -0.25) is 0 Å². The monoisotopic (exact) mass is 194 g/mol. The second-order valence-corrected chi connectivity index (χ2v) is 3.70. The first-order chi connectivity index (χ1) is 6.65. The lowest BCUT2D eigenvalue weighted by Gasteiger charge is -2.13. The van der Waals surface area contributed by atoms with E-state index in [0.717, 1.165) is 18.0 Å². The van der Waals surface area contributed by atoms with E-state index in [1.807, 2.05) is 18.2 Å². The molecule has 0 atom stereocenters. The van der Waals surface area contributed by atoms with Gasteiger partial charge in [0.1, 0.15) is 5.75 Å². The fourth-order valence-corrected chi connectivity index (χ4v) is 1.19. The summed E-state index contributed by atoms with van der Waals surface area (Å²) in [5, 5.41) is 3.28. The smallest absolute Gasteiger partial charge is 0.143 e. The Balaban J connectivity index is 2.76. The van der Waals surface area contributed by atoms with Crippen molar-refractivity contribution in [3.05, 3.63) is 18.2 Å². The van der Waals surface area contributed by atoms with Crippen molar-refractivity contribution in [1.82, 2.24) is 0 Å². The van der Waals surface area contributed by atoms with E-state index in [-0.39, 0.29) is 0 Å². The number of anilines is 2. The minimum absolute atomic E-state index is 0.598. The third-order valence-corrected chi connectivity index (χ3v) is 1.99. The highest BCUT2D eigenvalue weighted by Gasteiger charge is 2.04. The fraction of sp³-hybridized carbons (Fsp3) is 0.455. The maximum atomic E-state index is 5.89. The minimum atomic E-state index is 0.598. The molecule has 14 heavy (non-hydrogen) atoms. The number of para-hydroxylation sites is 1. The summed E-state index contributed by atoms with van der Waals surface area (Å²) in [6.07, 6.45) is 0. The highest BCUT2D eigenvalue weighted by molar-refractivity contribution is 5.72. The van der Waals surface area contributed by atoms with Crippen molar-refractivity contribution < 1.29 is 4.74 Å². The zero-order valence-corrected chi connectivity index (χ0v) is 9.00. The molecule has 0 spiro atoms. The Labute approximate surface area is 85.3 Å². The van der Waals surface area contributed by atoms with Crippen LogP contribution in [0.2, 0.25) is 0 Å². The number of rotatable bonds is 4. The standard InChI is InChI=1S/C11H18N2O/c1-8(2)7-13-9-5-4-6-10(14-3)11(9)12/h4-6,8,13H,7,12H2,1-3H3. The van der Waals surface area contributed by atoms with Crippen LogP contribution >= 0.6 is 0 Å². The summed E-state index contributed by atoms with van der Waals surface area (Å²) in [4.78, 5) is 0. The molecule has 0 saturated carbocycles. The van der Waals surface area contributed by atoms with Gasteiger partial charge in [0.2, 0.25) is 0 Å². The summed E-state index contributed by atoms with van der Waals surface area (Å²) in [6, 6.07) is 5.74. The summed E-state index contributed by atoms with van der Waals surface area (Å²) in [6.45, 7) is 5.23. The summed E-state index contributed by atoms with van der Waals surface area (Å²) in [5.74, 6) is 1.32. The SMILES string of the molecule is COc1cccc(NCC(C)C)c1N. The first kappa shape index (κ1) is 10.7. The number of nitrogen functional groups attached to an aromatic ring is 1. The summed E-state index contributed by atoms with van der Waals surface area (Å²) in [7, 11) is 1.62. The number of hydrogen-bond donors (Lipinski definition) is 2. The molecule has 0 fully saturated rings. The third-order valence-electron chi connectivity index (χ3n) is 1.99. The van der Waals surface area contributed by atoms with E-state index >= 15 is 0 Å². The van der Waals surface area contributed by atoms with Gasteiger partial charge in [0.05, 0.1) is 18.5 Å². The number of hydrogen-bond acceptors (Lipinski definition) is 3. The Kier molecular flexibility index (Phi) is 3.63. The van der Waals surface area contributed by atoms with Crippen LogP contribution in [0.3, 0.4) is 0 Å². The Bertz CT molecular complexity index is 297. The summed E-state index contributed by atoms with van der Waals surface area (Å²) >= 11 is 0. The number of ether oxygens (including phenoxy) is 1. The van der Waals surface area contributed by atoms with Crippen LogP contribution in [0.25, 0.3) is 0 Å². The van der Waals surface area contributed by atoms with Crippen molar-refractivity contribution in [2.45, 2.75) is 13.8 Å². The van der Waals surface area contributed by atoms with Gasteiger partial charge in [0, 0.05) is 6.54 Å². The molecule has 0 aromatic heterocycles. The predicted octanol–water partition coefficient (Wildman–Crippen LogP) is 2.35. The normalized spacial score (nSPS) is 10.3. The Morgan fingerprint density at radius 1 is 1.43 bits per heavy atom. The van der Waals surface area contributed by atoms with Crippen LogP contribution in [-0.4, -0.2) is 13.7 Å². The fourth-order valence-electron chi connectivity index (χ4n) is 1.19. The molecule has 0 aliphatic heterocycles. The molecule has 0 saturated heterocycles. The highest BCUT2D eigenvalue weighted by Crippen LogP contribution is 2.28. The third kappa shape index (κ3) is 2.55. The summed E-state index contributed by atoms with van der Waals surface area (Å²) in [5.41, 5.74) is 7.51. The molecule has 0 bridgehead atoms. The average molecular weight is 194 g/mol. The Hall–Kier alpha value is -1.38. The van der Waals surface area contributed by atoms with Gasteiger partial charge in [-0.25, -0.2) is 0 Å². The van der Waals surface area contributed by atoms with Crippen molar-refractivity contribution in [2.75, 3.05) is 24.7 Å². The van der Waals surface area contributed by atoms with Crippen molar-refractivity contribution in [2.24, 2.45) is 5.92 Å². The van der Waals surface area contributed by atoms with Crippen molar-refractivity contribution >= 4 is 11.4 Å². The van der Waals surface area contributed by atoms with Crippen LogP contribution in [0, 0.1) is 5.92 Å². The van der Waals surface area contributed by atoms with Crippen LogP contribution in [0.1, 0.15) is 13.8 Å². The van der Waals surface area contributed by atoms with E-state index in [9.17, 15) is 0 Å².